The van der Waals surface area contributed by atoms with Gasteiger partial charge in [0.2, 0.25) is 5.91 Å². The molecule has 1 aromatic carbocycles. The number of amides is 1. The zero-order chi connectivity index (χ0) is 22.4. The molecule has 3 aromatic rings. The number of aryl methyl sites for hydroxylation is 1. The third kappa shape index (κ3) is 4.09. The summed E-state index contributed by atoms with van der Waals surface area (Å²) in [4.78, 5) is 32.2. The SMILES string of the molecule is Cc1nc([C@@H]2CCCN(C(=O)Cn3cnc4ccccc43)C2)nc2c1CCCN2CC1CC1. The van der Waals surface area contributed by atoms with Crippen LogP contribution in [0.3, 0.4) is 0 Å². The van der Waals surface area contributed by atoms with Crippen LogP contribution in [0.15, 0.2) is 30.6 Å². The van der Waals surface area contributed by atoms with Crippen molar-refractivity contribution < 1.29 is 4.79 Å². The van der Waals surface area contributed by atoms with E-state index in [0.29, 0.717) is 13.1 Å². The molecule has 1 saturated heterocycles. The van der Waals surface area contributed by atoms with Gasteiger partial charge in [-0.15, -0.1) is 0 Å². The molecule has 2 aromatic heterocycles. The van der Waals surface area contributed by atoms with Crippen LogP contribution in [0.4, 0.5) is 5.82 Å². The number of likely N-dealkylation sites (tertiary alicyclic amines) is 1. The number of carbonyl (C=O) groups is 1. The fraction of sp³-hybridized carbons (Fsp3) is 0.538. The largest absolute Gasteiger partial charge is 0.356 e. The van der Waals surface area contributed by atoms with Crippen LogP contribution in [0.5, 0.6) is 0 Å². The van der Waals surface area contributed by atoms with Gasteiger partial charge in [-0.05, 0) is 63.5 Å². The van der Waals surface area contributed by atoms with Crippen molar-refractivity contribution in [1.82, 2.24) is 24.4 Å². The number of rotatable bonds is 5. The average Bonchev–Trinajstić information content (AvgIpc) is 3.58. The number of fused-ring (bicyclic) bond motifs is 2. The van der Waals surface area contributed by atoms with E-state index in [9.17, 15) is 4.79 Å². The van der Waals surface area contributed by atoms with Crippen molar-refractivity contribution >= 4 is 22.8 Å². The Balaban J connectivity index is 1.20. The molecule has 1 atom stereocenters. The summed E-state index contributed by atoms with van der Waals surface area (Å²) in [6.45, 7) is 6.21. The summed E-state index contributed by atoms with van der Waals surface area (Å²) in [6, 6.07) is 7.97. The van der Waals surface area contributed by atoms with E-state index >= 15 is 0 Å². The fourth-order valence-corrected chi connectivity index (χ4v) is 5.48. The molecule has 1 aliphatic carbocycles. The molecule has 2 fully saturated rings. The minimum Gasteiger partial charge on any atom is -0.356 e. The summed E-state index contributed by atoms with van der Waals surface area (Å²) in [5, 5.41) is 0. The van der Waals surface area contributed by atoms with Crippen molar-refractivity contribution in [2.45, 2.75) is 57.9 Å². The first-order chi connectivity index (χ1) is 16.2. The van der Waals surface area contributed by atoms with Gasteiger partial charge < -0.3 is 14.4 Å². The van der Waals surface area contributed by atoms with Crippen molar-refractivity contribution in [1.29, 1.82) is 0 Å². The van der Waals surface area contributed by atoms with Crippen molar-refractivity contribution in [3.8, 4) is 0 Å². The van der Waals surface area contributed by atoms with Crippen LogP contribution in [-0.4, -0.2) is 56.5 Å². The number of aromatic nitrogens is 4. The van der Waals surface area contributed by atoms with Crippen LogP contribution in [-0.2, 0) is 17.8 Å². The second-order valence-corrected chi connectivity index (χ2v) is 10.0. The van der Waals surface area contributed by atoms with Gasteiger partial charge in [0.25, 0.3) is 0 Å². The van der Waals surface area contributed by atoms with Gasteiger partial charge in [-0.2, -0.15) is 0 Å². The van der Waals surface area contributed by atoms with E-state index in [2.05, 4.69) is 16.8 Å². The minimum atomic E-state index is 0.146. The van der Waals surface area contributed by atoms with E-state index in [1.165, 1.54) is 30.6 Å². The minimum absolute atomic E-state index is 0.146. The Labute approximate surface area is 194 Å². The number of hydrogen-bond donors (Lipinski definition) is 0. The highest BCUT2D eigenvalue weighted by molar-refractivity contribution is 5.80. The molecular formula is C26H32N6O. The predicted octanol–water partition coefficient (Wildman–Crippen LogP) is 3.70. The van der Waals surface area contributed by atoms with Crippen molar-refractivity contribution in [2.75, 3.05) is 31.1 Å². The highest BCUT2D eigenvalue weighted by Crippen LogP contribution is 2.36. The van der Waals surface area contributed by atoms with E-state index in [-0.39, 0.29) is 11.8 Å². The standard InChI is InChI=1S/C26H32N6O/c1-18-21-7-5-13-31(14-19-10-11-19)26(21)29-25(28-18)20-6-4-12-30(15-20)24(33)16-32-17-27-22-8-2-3-9-23(22)32/h2-3,8-9,17,19-20H,4-7,10-16H2,1H3/t20-/m1/s1. The molecule has 6 rings (SSSR count). The second kappa shape index (κ2) is 8.43. The third-order valence-electron chi connectivity index (χ3n) is 7.51. The van der Waals surface area contributed by atoms with E-state index in [1.807, 2.05) is 33.7 Å². The van der Waals surface area contributed by atoms with Gasteiger partial charge in [-0.25, -0.2) is 15.0 Å². The number of hydrogen-bond acceptors (Lipinski definition) is 5. The summed E-state index contributed by atoms with van der Waals surface area (Å²) >= 11 is 0. The first-order valence-electron chi connectivity index (χ1n) is 12.5. The first kappa shape index (κ1) is 20.6. The third-order valence-corrected chi connectivity index (χ3v) is 7.51. The Kier molecular flexibility index (Phi) is 5.27. The molecule has 0 bridgehead atoms. The maximum atomic E-state index is 13.2. The maximum absolute atomic E-state index is 13.2. The van der Waals surface area contributed by atoms with Crippen molar-refractivity contribution in [2.24, 2.45) is 5.92 Å². The molecule has 1 saturated carbocycles. The van der Waals surface area contributed by atoms with Crippen LogP contribution in [0.2, 0.25) is 0 Å². The van der Waals surface area contributed by atoms with Gasteiger partial charge >= 0.3 is 0 Å². The number of imidazole rings is 1. The Morgan fingerprint density at radius 1 is 1.09 bits per heavy atom. The summed E-state index contributed by atoms with van der Waals surface area (Å²) in [5.41, 5.74) is 4.39. The van der Waals surface area contributed by atoms with E-state index in [0.717, 1.165) is 67.4 Å². The van der Waals surface area contributed by atoms with Gasteiger partial charge in [0.1, 0.15) is 18.2 Å². The molecule has 0 spiro atoms. The van der Waals surface area contributed by atoms with Gasteiger partial charge in [-0.3, -0.25) is 4.79 Å². The molecule has 4 heterocycles. The monoisotopic (exact) mass is 444 g/mol. The van der Waals surface area contributed by atoms with Crippen LogP contribution in [0, 0.1) is 12.8 Å². The number of nitrogens with zero attached hydrogens (tertiary/aromatic N) is 6. The van der Waals surface area contributed by atoms with E-state index < -0.39 is 0 Å². The second-order valence-electron chi connectivity index (χ2n) is 10.0. The maximum Gasteiger partial charge on any atom is 0.242 e. The lowest BCUT2D eigenvalue weighted by molar-refractivity contribution is -0.133. The molecule has 3 aliphatic rings. The molecule has 7 heteroatoms. The first-order valence-corrected chi connectivity index (χ1v) is 12.5. The Bertz CT molecular complexity index is 1180. The molecule has 172 valence electrons. The smallest absolute Gasteiger partial charge is 0.242 e. The average molecular weight is 445 g/mol. The van der Waals surface area contributed by atoms with Crippen LogP contribution >= 0.6 is 0 Å². The van der Waals surface area contributed by atoms with Gasteiger partial charge in [-0.1, -0.05) is 12.1 Å². The molecule has 0 N–H and O–H groups in total. The molecule has 0 radical (unpaired) electrons. The molecule has 33 heavy (non-hydrogen) atoms. The zero-order valence-electron chi connectivity index (χ0n) is 19.4. The van der Waals surface area contributed by atoms with E-state index in [4.69, 9.17) is 9.97 Å². The number of para-hydroxylation sites is 2. The van der Waals surface area contributed by atoms with Crippen LogP contribution in [0.25, 0.3) is 11.0 Å². The topological polar surface area (TPSA) is 67.2 Å². The summed E-state index contributed by atoms with van der Waals surface area (Å²) in [5.74, 6) is 3.30. The van der Waals surface area contributed by atoms with Gasteiger partial charge in [0.15, 0.2) is 0 Å². The highest BCUT2D eigenvalue weighted by atomic mass is 16.2. The van der Waals surface area contributed by atoms with Crippen LogP contribution in [0.1, 0.15) is 55.1 Å². The number of carbonyl (C=O) groups excluding carboxylic acids is 1. The molecule has 1 amide bonds. The summed E-state index contributed by atoms with van der Waals surface area (Å²) < 4.78 is 1.95. The van der Waals surface area contributed by atoms with E-state index in [1.54, 1.807) is 6.33 Å². The Morgan fingerprint density at radius 3 is 2.85 bits per heavy atom. The number of benzene rings is 1. The fourth-order valence-electron chi connectivity index (χ4n) is 5.48. The predicted molar refractivity (Wildman–Crippen MR) is 128 cm³/mol. The molecule has 2 aliphatic heterocycles. The molecule has 0 unspecified atom stereocenters. The lowest BCUT2D eigenvalue weighted by Crippen LogP contribution is -2.41. The highest BCUT2D eigenvalue weighted by Gasteiger charge is 2.31. The summed E-state index contributed by atoms with van der Waals surface area (Å²) in [6.07, 6.45) is 8.79. The number of piperidine rings is 1. The van der Waals surface area contributed by atoms with Crippen molar-refractivity contribution in [3.05, 3.63) is 47.7 Å². The molecular weight excluding hydrogens is 412 g/mol. The quantitative estimate of drug-likeness (QED) is 0.600. The Hall–Kier alpha value is -2.96. The lowest BCUT2D eigenvalue weighted by atomic mass is 9.96. The van der Waals surface area contributed by atoms with Gasteiger partial charge in [0.05, 0.1) is 17.4 Å². The zero-order valence-corrected chi connectivity index (χ0v) is 19.4. The summed E-state index contributed by atoms with van der Waals surface area (Å²) in [7, 11) is 0. The number of anilines is 1. The van der Waals surface area contributed by atoms with Gasteiger partial charge in [0, 0.05) is 43.4 Å². The van der Waals surface area contributed by atoms with Crippen molar-refractivity contribution in [3.63, 3.8) is 0 Å². The normalized spacial score (nSPS) is 20.8. The molecule has 7 nitrogen and oxygen atoms in total. The Morgan fingerprint density at radius 2 is 1.97 bits per heavy atom. The lowest BCUT2D eigenvalue weighted by Gasteiger charge is -2.34. The van der Waals surface area contributed by atoms with Crippen LogP contribution < -0.4 is 4.90 Å².